The summed E-state index contributed by atoms with van der Waals surface area (Å²) in [5.74, 6) is -0.795. The molecule has 2 rings (SSSR count). The van der Waals surface area contributed by atoms with Crippen LogP contribution in [0.5, 0.6) is 5.75 Å². The number of rotatable bonds is 7. The van der Waals surface area contributed by atoms with Crippen LogP contribution in [0.3, 0.4) is 0 Å². The number of carbonyl (C=O) groups excluding carboxylic acids is 3. The highest BCUT2D eigenvalue weighted by Gasteiger charge is 2.11. The second kappa shape index (κ2) is 9.01. The third-order valence-corrected chi connectivity index (χ3v) is 3.93. The minimum absolute atomic E-state index is 0.0584. The predicted octanol–water partition coefficient (Wildman–Crippen LogP) is 3.41. The van der Waals surface area contributed by atoms with Gasteiger partial charge in [-0.05, 0) is 55.8 Å². The molecule has 0 heterocycles. The fourth-order valence-electron chi connectivity index (χ4n) is 2.05. The molecule has 0 atom stereocenters. The van der Waals surface area contributed by atoms with E-state index in [2.05, 4.69) is 5.32 Å². The summed E-state index contributed by atoms with van der Waals surface area (Å²) in [7, 11) is 0. The van der Waals surface area contributed by atoms with E-state index in [1.54, 1.807) is 49.4 Å². The standard InChI is InChI=1S/C19H18ClNO5/c1-12-16(20)4-3-5-17(12)21-18(23)10-26-19(24)11-25-15-8-6-14(7-9-15)13(2)22/h3-9H,10-11H2,1-2H3,(H,21,23). The molecular weight excluding hydrogens is 358 g/mol. The molecule has 7 heteroatoms. The van der Waals surface area contributed by atoms with Gasteiger partial charge < -0.3 is 14.8 Å². The summed E-state index contributed by atoms with van der Waals surface area (Å²) in [6.07, 6.45) is 0. The number of hydrogen-bond donors (Lipinski definition) is 1. The first-order chi connectivity index (χ1) is 12.4. The van der Waals surface area contributed by atoms with E-state index in [4.69, 9.17) is 21.1 Å². The average Bonchev–Trinajstić information content (AvgIpc) is 2.62. The third kappa shape index (κ3) is 5.60. The lowest BCUT2D eigenvalue weighted by Gasteiger charge is -2.10. The lowest BCUT2D eigenvalue weighted by Crippen LogP contribution is -2.24. The molecular formula is C19H18ClNO5. The molecule has 0 aliphatic heterocycles. The number of anilines is 1. The summed E-state index contributed by atoms with van der Waals surface area (Å²) in [5.41, 5.74) is 1.83. The number of amides is 1. The van der Waals surface area contributed by atoms with E-state index in [1.165, 1.54) is 6.92 Å². The van der Waals surface area contributed by atoms with E-state index in [-0.39, 0.29) is 12.4 Å². The molecule has 0 unspecified atom stereocenters. The Kier molecular flexibility index (Phi) is 6.74. The number of ketones is 1. The van der Waals surface area contributed by atoms with Gasteiger partial charge in [-0.15, -0.1) is 0 Å². The third-order valence-electron chi connectivity index (χ3n) is 3.52. The van der Waals surface area contributed by atoms with Crippen LogP contribution in [0.25, 0.3) is 0 Å². The van der Waals surface area contributed by atoms with Gasteiger partial charge >= 0.3 is 5.97 Å². The molecule has 0 radical (unpaired) electrons. The Bertz CT molecular complexity index is 817. The summed E-state index contributed by atoms with van der Waals surface area (Å²) >= 11 is 5.98. The molecule has 0 saturated carbocycles. The van der Waals surface area contributed by atoms with Gasteiger partial charge in [0.2, 0.25) is 0 Å². The number of Topliss-reactive ketones (excluding diaryl/α,β-unsaturated/α-hetero) is 1. The van der Waals surface area contributed by atoms with Crippen molar-refractivity contribution >= 4 is 34.9 Å². The first-order valence-electron chi connectivity index (χ1n) is 7.81. The highest BCUT2D eigenvalue weighted by Crippen LogP contribution is 2.22. The van der Waals surface area contributed by atoms with E-state index >= 15 is 0 Å². The SMILES string of the molecule is CC(=O)c1ccc(OCC(=O)OCC(=O)Nc2cccc(Cl)c2C)cc1. The highest BCUT2D eigenvalue weighted by atomic mass is 35.5. The topological polar surface area (TPSA) is 81.7 Å². The first-order valence-corrected chi connectivity index (χ1v) is 8.19. The average molecular weight is 376 g/mol. The van der Waals surface area contributed by atoms with Gasteiger partial charge in [0.05, 0.1) is 0 Å². The number of benzene rings is 2. The van der Waals surface area contributed by atoms with Gasteiger partial charge in [0, 0.05) is 16.3 Å². The van der Waals surface area contributed by atoms with Crippen molar-refractivity contribution in [1.82, 2.24) is 0 Å². The van der Waals surface area contributed by atoms with E-state index in [0.717, 1.165) is 5.56 Å². The van der Waals surface area contributed by atoms with Crippen LogP contribution in [0, 0.1) is 6.92 Å². The van der Waals surface area contributed by atoms with Crippen LogP contribution < -0.4 is 10.1 Å². The molecule has 1 N–H and O–H groups in total. The molecule has 136 valence electrons. The lowest BCUT2D eigenvalue weighted by molar-refractivity contribution is -0.149. The summed E-state index contributed by atoms with van der Waals surface area (Å²) in [4.78, 5) is 34.7. The Balaban J connectivity index is 1.76. The maximum absolute atomic E-state index is 11.9. The zero-order valence-corrected chi connectivity index (χ0v) is 15.1. The van der Waals surface area contributed by atoms with Crippen LogP contribution in [-0.4, -0.2) is 30.9 Å². The molecule has 0 fully saturated rings. The van der Waals surface area contributed by atoms with Gasteiger partial charge in [-0.3, -0.25) is 9.59 Å². The summed E-state index contributed by atoms with van der Waals surface area (Å²) in [6.45, 7) is 2.46. The van der Waals surface area contributed by atoms with Crippen molar-refractivity contribution in [3.8, 4) is 5.75 Å². The second-order valence-corrected chi connectivity index (χ2v) is 5.90. The van der Waals surface area contributed by atoms with Gasteiger partial charge in [0.25, 0.3) is 5.91 Å². The number of hydrogen-bond acceptors (Lipinski definition) is 5. The molecule has 26 heavy (non-hydrogen) atoms. The van der Waals surface area contributed by atoms with E-state index < -0.39 is 18.5 Å². The molecule has 2 aromatic rings. The zero-order valence-electron chi connectivity index (χ0n) is 14.4. The molecule has 1 amide bonds. The number of halogens is 1. The Morgan fingerprint density at radius 2 is 1.73 bits per heavy atom. The van der Waals surface area contributed by atoms with Crippen molar-refractivity contribution in [3.05, 3.63) is 58.6 Å². The number of ether oxygens (including phenoxy) is 2. The maximum atomic E-state index is 11.9. The van der Waals surface area contributed by atoms with Crippen LogP contribution in [0.1, 0.15) is 22.8 Å². The Hall–Kier alpha value is -2.86. The van der Waals surface area contributed by atoms with Crippen LogP contribution in [0.2, 0.25) is 5.02 Å². The first kappa shape index (κ1) is 19.5. The molecule has 0 aliphatic rings. The number of esters is 1. The summed E-state index contributed by atoms with van der Waals surface area (Å²) in [5, 5.41) is 3.16. The van der Waals surface area contributed by atoms with Crippen molar-refractivity contribution in [2.24, 2.45) is 0 Å². The molecule has 6 nitrogen and oxygen atoms in total. The molecule has 0 saturated heterocycles. The molecule has 0 aliphatic carbocycles. The Morgan fingerprint density at radius 1 is 1.04 bits per heavy atom. The Labute approximate surface area is 156 Å². The monoisotopic (exact) mass is 375 g/mol. The molecule has 0 bridgehead atoms. The van der Waals surface area contributed by atoms with Crippen LogP contribution in [0.4, 0.5) is 5.69 Å². The fourth-order valence-corrected chi connectivity index (χ4v) is 2.22. The number of nitrogens with one attached hydrogen (secondary N) is 1. The quantitative estimate of drug-likeness (QED) is 0.592. The van der Waals surface area contributed by atoms with E-state index in [9.17, 15) is 14.4 Å². The number of carbonyl (C=O) groups is 3. The molecule has 0 aromatic heterocycles. The summed E-state index contributed by atoms with van der Waals surface area (Å²) < 4.78 is 10.1. The van der Waals surface area contributed by atoms with Crippen molar-refractivity contribution in [1.29, 1.82) is 0 Å². The second-order valence-electron chi connectivity index (χ2n) is 5.49. The van der Waals surface area contributed by atoms with Gasteiger partial charge in [-0.25, -0.2) is 4.79 Å². The predicted molar refractivity (Wildman–Crippen MR) is 97.7 cm³/mol. The van der Waals surface area contributed by atoms with Crippen molar-refractivity contribution in [2.75, 3.05) is 18.5 Å². The van der Waals surface area contributed by atoms with E-state index in [1.807, 2.05) is 0 Å². The van der Waals surface area contributed by atoms with Gasteiger partial charge in [0.15, 0.2) is 19.0 Å². The lowest BCUT2D eigenvalue weighted by atomic mass is 10.1. The normalized spacial score (nSPS) is 10.1. The minimum atomic E-state index is -0.682. The van der Waals surface area contributed by atoms with E-state index in [0.29, 0.717) is 22.0 Å². The zero-order chi connectivity index (χ0) is 19.1. The van der Waals surface area contributed by atoms with Crippen molar-refractivity contribution in [2.45, 2.75) is 13.8 Å². The molecule has 2 aromatic carbocycles. The van der Waals surface area contributed by atoms with Crippen molar-refractivity contribution in [3.63, 3.8) is 0 Å². The fraction of sp³-hybridized carbons (Fsp3) is 0.211. The largest absolute Gasteiger partial charge is 0.482 e. The van der Waals surface area contributed by atoms with Crippen molar-refractivity contribution < 1.29 is 23.9 Å². The van der Waals surface area contributed by atoms with Gasteiger partial charge in [-0.2, -0.15) is 0 Å². The van der Waals surface area contributed by atoms with Gasteiger partial charge in [-0.1, -0.05) is 17.7 Å². The Morgan fingerprint density at radius 3 is 2.38 bits per heavy atom. The van der Waals surface area contributed by atoms with Crippen LogP contribution >= 0.6 is 11.6 Å². The highest BCUT2D eigenvalue weighted by molar-refractivity contribution is 6.31. The molecule has 0 spiro atoms. The summed E-state index contributed by atoms with van der Waals surface area (Å²) in [6, 6.07) is 11.5. The smallest absolute Gasteiger partial charge is 0.344 e. The maximum Gasteiger partial charge on any atom is 0.344 e. The van der Waals surface area contributed by atoms with Crippen LogP contribution in [0.15, 0.2) is 42.5 Å². The van der Waals surface area contributed by atoms with Crippen LogP contribution in [-0.2, 0) is 14.3 Å². The van der Waals surface area contributed by atoms with Gasteiger partial charge in [0.1, 0.15) is 5.75 Å². The minimum Gasteiger partial charge on any atom is -0.482 e.